The van der Waals surface area contributed by atoms with Crippen molar-refractivity contribution >= 4 is 23.4 Å². The molecular formula is C12H13ClF2N2O2. The number of methoxy groups -OCH3 is 1. The third kappa shape index (κ3) is 3.12. The molecule has 1 aromatic heterocycles. The molecule has 1 aromatic rings. The number of aromatic nitrogens is 1. The van der Waals surface area contributed by atoms with Crippen LogP contribution in [0.4, 0.5) is 14.6 Å². The van der Waals surface area contributed by atoms with Crippen LogP contribution in [0.1, 0.15) is 23.2 Å². The lowest BCUT2D eigenvalue weighted by molar-refractivity contribution is -0.0221. The van der Waals surface area contributed by atoms with Gasteiger partial charge in [0, 0.05) is 25.9 Å². The summed E-state index contributed by atoms with van der Waals surface area (Å²) >= 11 is 5.80. The lowest BCUT2D eigenvalue weighted by Crippen LogP contribution is -2.40. The third-order valence-electron chi connectivity index (χ3n) is 3.04. The molecule has 104 valence electrons. The molecule has 2 rings (SSSR count). The highest BCUT2D eigenvalue weighted by molar-refractivity contribution is 6.29. The van der Waals surface area contributed by atoms with Gasteiger partial charge in [-0.1, -0.05) is 11.6 Å². The molecular weight excluding hydrogens is 278 g/mol. The van der Waals surface area contributed by atoms with Crippen LogP contribution in [0, 0.1) is 0 Å². The molecule has 1 saturated heterocycles. The highest BCUT2D eigenvalue weighted by Crippen LogP contribution is 2.31. The van der Waals surface area contributed by atoms with E-state index in [1.54, 1.807) is 4.90 Å². The molecule has 0 amide bonds. The number of hydrogen-bond donors (Lipinski definition) is 0. The molecule has 0 unspecified atom stereocenters. The predicted molar refractivity (Wildman–Crippen MR) is 67.0 cm³/mol. The molecule has 0 atom stereocenters. The van der Waals surface area contributed by atoms with Crippen molar-refractivity contribution in [3.05, 3.63) is 22.8 Å². The molecule has 1 aliphatic heterocycles. The van der Waals surface area contributed by atoms with Gasteiger partial charge in [0.25, 0.3) is 5.92 Å². The van der Waals surface area contributed by atoms with Crippen LogP contribution in [0.15, 0.2) is 12.1 Å². The smallest absolute Gasteiger partial charge is 0.341 e. The van der Waals surface area contributed by atoms with Crippen molar-refractivity contribution in [2.75, 3.05) is 25.1 Å². The van der Waals surface area contributed by atoms with Gasteiger partial charge in [-0.25, -0.2) is 18.6 Å². The summed E-state index contributed by atoms with van der Waals surface area (Å²) in [4.78, 5) is 17.3. The molecule has 0 saturated carbocycles. The van der Waals surface area contributed by atoms with Gasteiger partial charge in [0.1, 0.15) is 16.5 Å². The number of nitrogens with zero attached hydrogens (tertiary/aromatic N) is 2. The molecule has 4 nitrogen and oxygen atoms in total. The Hall–Kier alpha value is -1.43. The van der Waals surface area contributed by atoms with Gasteiger partial charge in [0.15, 0.2) is 0 Å². The van der Waals surface area contributed by atoms with Crippen molar-refractivity contribution in [1.82, 2.24) is 4.98 Å². The maximum absolute atomic E-state index is 13.1. The molecule has 0 aromatic carbocycles. The van der Waals surface area contributed by atoms with Crippen LogP contribution in [0.2, 0.25) is 5.15 Å². The van der Waals surface area contributed by atoms with E-state index < -0.39 is 11.9 Å². The first-order valence-electron chi connectivity index (χ1n) is 5.80. The Morgan fingerprint density at radius 1 is 1.42 bits per heavy atom. The first-order valence-corrected chi connectivity index (χ1v) is 6.18. The van der Waals surface area contributed by atoms with Crippen LogP contribution in [0.3, 0.4) is 0 Å². The summed E-state index contributed by atoms with van der Waals surface area (Å²) < 4.78 is 30.9. The number of alkyl halides is 2. The zero-order chi connectivity index (χ0) is 14.0. The average molecular weight is 291 g/mol. The van der Waals surface area contributed by atoms with Crippen molar-refractivity contribution in [1.29, 1.82) is 0 Å². The van der Waals surface area contributed by atoms with Crippen LogP contribution in [-0.4, -0.2) is 37.1 Å². The van der Waals surface area contributed by atoms with E-state index in [1.807, 2.05) is 0 Å². The Balaban J connectivity index is 2.28. The van der Waals surface area contributed by atoms with Crippen LogP contribution in [0.25, 0.3) is 0 Å². The molecule has 0 aliphatic carbocycles. The topological polar surface area (TPSA) is 42.4 Å². The normalized spacial score (nSPS) is 18.2. The van der Waals surface area contributed by atoms with Gasteiger partial charge in [0.2, 0.25) is 0 Å². The van der Waals surface area contributed by atoms with Crippen LogP contribution >= 0.6 is 11.6 Å². The third-order valence-corrected chi connectivity index (χ3v) is 3.25. The summed E-state index contributed by atoms with van der Waals surface area (Å²) in [6.07, 6.45) is -0.524. The molecule has 2 heterocycles. The van der Waals surface area contributed by atoms with E-state index in [1.165, 1.54) is 19.2 Å². The molecule has 0 bridgehead atoms. The fraction of sp³-hybridized carbons (Fsp3) is 0.500. The van der Waals surface area contributed by atoms with E-state index in [9.17, 15) is 13.6 Å². The van der Waals surface area contributed by atoms with Crippen molar-refractivity contribution in [3.8, 4) is 0 Å². The summed E-state index contributed by atoms with van der Waals surface area (Å²) in [7, 11) is 1.26. The van der Waals surface area contributed by atoms with Gasteiger partial charge in [0.05, 0.1) is 7.11 Å². The van der Waals surface area contributed by atoms with Gasteiger partial charge < -0.3 is 9.64 Å². The zero-order valence-electron chi connectivity index (χ0n) is 10.3. The monoisotopic (exact) mass is 290 g/mol. The van der Waals surface area contributed by atoms with E-state index in [0.717, 1.165) is 0 Å². The Bertz CT molecular complexity index is 487. The lowest BCUT2D eigenvalue weighted by atomic mass is 10.1. The number of halogens is 3. The number of pyridine rings is 1. The molecule has 19 heavy (non-hydrogen) atoms. The number of esters is 1. The minimum absolute atomic E-state index is 0.129. The number of carbonyl (C=O) groups is 1. The highest BCUT2D eigenvalue weighted by atomic mass is 35.5. The van der Waals surface area contributed by atoms with Gasteiger partial charge >= 0.3 is 5.97 Å². The molecule has 7 heteroatoms. The second-order valence-corrected chi connectivity index (χ2v) is 4.73. The Morgan fingerprint density at radius 3 is 2.63 bits per heavy atom. The van der Waals surface area contributed by atoms with Crippen molar-refractivity contribution in [3.63, 3.8) is 0 Å². The lowest BCUT2D eigenvalue weighted by Gasteiger charge is -2.33. The van der Waals surface area contributed by atoms with Crippen LogP contribution in [0.5, 0.6) is 0 Å². The van der Waals surface area contributed by atoms with Crippen LogP contribution in [-0.2, 0) is 4.74 Å². The molecule has 0 spiro atoms. The molecule has 1 fully saturated rings. The van der Waals surface area contributed by atoms with Crippen LogP contribution < -0.4 is 4.90 Å². The van der Waals surface area contributed by atoms with Gasteiger partial charge in [-0.3, -0.25) is 0 Å². The van der Waals surface area contributed by atoms with E-state index in [4.69, 9.17) is 11.6 Å². The standard InChI is InChI=1S/C12H13ClF2N2O2/c1-19-11(18)8-2-3-9(13)16-10(8)17-6-4-12(14,15)5-7-17/h2-3H,4-7H2,1H3. The largest absolute Gasteiger partial charge is 0.465 e. The number of rotatable bonds is 2. The maximum Gasteiger partial charge on any atom is 0.341 e. The summed E-state index contributed by atoms with van der Waals surface area (Å²) in [6.45, 7) is 0.259. The zero-order valence-corrected chi connectivity index (χ0v) is 11.1. The van der Waals surface area contributed by atoms with Crippen molar-refractivity contribution in [2.45, 2.75) is 18.8 Å². The Morgan fingerprint density at radius 2 is 2.05 bits per heavy atom. The van der Waals surface area contributed by atoms with E-state index in [0.29, 0.717) is 5.82 Å². The van der Waals surface area contributed by atoms with Crippen molar-refractivity contribution < 1.29 is 18.3 Å². The summed E-state index contributed by atoms with van der Waals surface area (Å²) in [5.74, 6) is -2.91. The quantitative estimate of drug-likeness (QED) is 0.620. The van der Waals surface area contributed by atoms with E-state index in [2.05, 4.69) is 9.72 Å². The van der Waals surface area contributed by atoms with Crippen molar-refractivity contribution in [2.24, 2.45) is 0 Å². The summed E-state index contributed by atoms with van der Waals surface area (Å²) in [5, 5.41) is 0.208. The highest BCUT2D eigenvalue weighted by Gasteiger charge is 2.35. The summed E-state index contributed by atoms with van der Waals surface area (Å²) in [5.41, 5.74) is 0.233. The number of piperidine rings is 1. The van der Waals surface area contributed by atoms with Gasteiger partial charge in [-0.05, 0) is 12.1 Å². The molecule has 0 N–H and O–H groups in total. The van der Waals surface area contributed by atoms with E-state index >= 15 is 0 Å². The first kappa shape index (κ1) is 14.0. The minimum Gasteiger partial charge on any atom is -0.465 e. The average Bonchev–Trinajstić information content (AvgIpc) is 2.38. The first-order chi connectivity index (χ1) is 8.93. The fourth-order valence-corrected chi connectivity index (χ4v) is 2.12. The number of ether oxygens (including phenoxy) is 1. The Labute approximate surface area is 114 Å². The SMILES string of the molecule is COC(=O)c1ccc(Cl)nc1N1CCC(F)(F)CC1. The number of hydrogen-bond acceptors (Lipinski definition) is 4. The van der Waals surface area contributed by atoms with E-state index in [-0.39, 0.29) is 36.6 Å². The van der Waals surface area contributed by atoms with Gasteiger partial charge in [-0.2, -0.15) is 0 Å². The molecule has 0 radical (unpaired) electrons. The van der Waals surface area contributed by atoms with Gasteiger partial charge in [-0.15, -0.1) is 0 Å². The Kier molecular flexibility index (Phi) is 3.89. The summed E-state index contributed by atoms with van der Waals surface area (Å²) in [6, 6.07) is 2.96. The number of carbonyl (C=O) groups excluding carboxylic acids is 1. The second kappa shape index (κ2) is 5.28. The maximum atomic E-state index is 13.1. The fourth-order valence-electron chi connectivity index (χ4n) is 1.98. The molecule has 1 aliphatic rings. The second-order valence-electron chi connectivity index (χ2n) is 4.34. The number of anilines is 1. The predicted octanol–water partition coefficient (Wildman–Crippen LogP) is 2.76. The minimum atomic E-state index is -2.65.